The van der Waals surface area contributed by atoms with E-state index in [2.05, 4.69) is 5.32 Å². The number of halogens is 2. The second-order valence-electron chi connectivity index (χ2n) is 7.30. The summed E-state index contributed by atoms with van der Waals surface area (Å²) >= 11 is 5.84. The summed E-state index contributed by atoms with van der Waals surface area (Å²) in [4.78, 5) is 38.8. The monoisotopic (exact) mass is 484 g/mol. The number of ether oxygens (including phenoxy) is 2. The zero-order valence-corrected chi connectivity index (χ0v) is 19.3. The third-order valence-electron chi connectivity index (χ3n) is 4.89. The van der Waals surface area contributed by atoms with Crippen LogP contribution in [-0.2, 0) is 16.1 Å². The number of para-hydroxylation sites is 1. The number of carbonyl (C=O) groups excluding carboxylic acids is 3. The van der Waals surface area contributed by atoms with Gasteiger partial charge < -0.3 is 19.7 Å². The van der Waals surface area contributed by atoms with Crippen LogP contribution in [0, 0.1) is 5.82 Å². The molecular formula is C25H22ClFN2O5. The number of hydrogen-bond acceptors (Lipinski definition) is 5. The normalized spacial score (nSPS) is 10.4. The largest absolute Gasteiger partial charge is 0.494 e. The van der Waals surface area contributed by atoms with Crippen molar-refractivity contribution in [2.24, 2.45) is 0 Å². The van der Waals surface area contributed by atoms with Crippen molar-refractivity contribution in [3.8, 4) is 5.75 Å². The predicted octanol–water partition coefficient (Wildman–Crippen LogP) is 4.56. The Morgan fingerprint density at radius 2 is 1.74 bits per heavy atom. The Hall–Kier alpha value is -3.91. The molecule has 0 aliphatic rings. The molecule has 3 aromatic carbocycles. The highest BCUT2D eigenvalue weighted by Gasteiger charge is 2.18. The van der Waals surface area contributed by atoms with Gasteiger partial charge in [0.2, 0.25) is 0 Å². The van der Waals surface area contributed by atoms with Crippen LogP contribution >= 0.6 is 11.6 Å². The molecule has 2 amide bonds. The lowest BCUT2D eigenvalue weighted by molar-refractivity contribution is -0.133. The van der Waals surface area contributed by atoms with Gasteiger partial charge in [-0.15, -0.1) is 0 Å². The lowest BCUT2D eigenvalue weighted by Gasteiger charge is -2.18. The molecule has 0 aromatic heterocycles. The zero-order valence-electron chi connectivity index (χ0n) is 18.5. The van der Waals surface area contributed by atoms with E-state index in [1.807, 2.05) is 0 Å². The van der Waals surface area contributed by atoms with E-state index in [0.717, 1.165) is 0 Å². The summed E-state index contributed by atoms with van der Waals surface area (Å²) < 4.78 is 23.9. The van der Waals surface area contributed by atoms with E-state index >= 15 is 0 Å². The third kappa shape index (κ3) is 6.32. The average Bonchev–Trinajstić information content (AvgIpc) is 2.83. The number of hydrogen-bond donors (Lipinski definition) is 1. The maximum atomic E-state index is 13.9. The standard InChI is InChI=1S/C25H22ClFN2O5/c1-29(14-16-7-12-22(33-2)20(27)13-16)23(30)15-34-25(32)19-5-3-4-6-21(19)28-24(31)17-8-10-18(26)11-9-17/h3-13H,14-15H2,1-2H3,(H,28,31). The summed E-state index contributed by atoms with van der Waals surface area (Å²) in [6.07, 6.45) is 0. The van der Waals surface area contributed by atoms with Crippen molar-refractivity contribution in [2.75, 3.05) is 26.1 Å². The first-order valence-electron chi connectivity index (χ1n) is 10.2. The third-order valence-corrected chi connectivity index (χ3v) is 5.14. The molecule has 0 saturated carbocycles. The van der Waals surface area contributed by atoms with Gasteiger partial charge in [-0.25, -0.2) is 9.18 Å². The van der Waals surface area contributed by atoms with Gasteiger partial charge in [0.05, 0.1) is 18.4 Å². The summed E-state index contributed by atoms with van der Waals surface area (Å²) in [5.74, 6) is -2.12. The van der Waals surface area contributed by atoms with E-state index in [4.69, 9.17) is 21.1 Å². The first-order valence-corrected chi connectivity index (χ1v) is 10.6. The quantitative estimate of drug-likeness (QED) is 0.474. The van der Waals surface area contributed by atoms with E-state index in [0.29, 0.717) is 16.1 Å². The van der Waals surface area contributed by atoms with Crippen LogP contribution in [-0.4, -0.2) is 43.4 Å². The highest BCUT2D eigenvalue weighted by atomic mass is 35.5. The Bertz CT molecular complexity index is 1200. The van der Waals surface area contributed by atoms with Crippen molar-refractivity contribution in [1.82, 2.24) is 4.90 Å². The molecule has 3 aromatic rings. The van der Waals surface area contributed by atoms with Crippen molar-refractivity contribution in [3.63, 3.8) is 0 Å². The number of rotatable bonds is 8. The summed E-state index contributed by atoms with van der Waals surface area (Å²) in [5, 5.41) is 3.15. The van der Waals surface area contributed by atoms with Crippen LogP contribution in [0.4, 0.5) is 10.1 Å². The SMILES string of the molecule is COc1ccc(CN(C)C(=O)COC(=O)c2ccccc2NC(=O)c2ccc(Cl)cc2)cc1F. The lowest BCUT2D eigenvalue weighted by atomic mass is 10.1. The van der Waals surface area contributed by atoms with Gasteiger partial charge in [0, 0.05) is 24.2 Å². The Kier molecular flexibility index (Phi) is 8.21. The number of nitrogens with zero attached hydrogens (tertiary/aromatic N) is 1. The number of anilines is 1. The molecule has 0 heterocycles. The molecule has 0 fully saturated rings. The first-order chi connectivity index (χ1) is 16.3. The molecule has 9 heteroatoms. The molecule has 1 N–H and O–H groups in total. The second-order valence-corrected chi connectivity index (χ2v) is 7.74. The van der Waals surface area contributed by atoms with Gasteiger partial charge in [0.1, 0.15) is 0 Å². The number of benzene rings is 3. The molecule has 0 bridgehead atoms. The smallest absolute Gasteiger partial charge is 0.340 e. The van der Waals surface area contributed by atoms with E-state index in [-0.39, 0.29) is 23.5 Å². The summed E-state index contributed by atoms with van der Waals surface area (Å²) in [7, 11) is 2.88. The van der Waals surface area contributed by atoms with Gasteiger partial charge in [-0.05, 0) is 54.1 Å². The van der Waals surface area contributed by atoms with Crippen molar-refractivity contribution >= 4 is 35.1 Å². The van der Waals surface area contributed by atoms with Gasteiger partial charge in [-0.1, -0.05) is 29.8 Å². The highest BCUT2D eigenvalue weighted by molar-refractivity contribution is 6.30. The number of carbonyl (C=O) groups is 3. The van der Waals surface area contributed by atoms with Crippen molar-refractivity contribution in [1.29, 1.82) is 0 Å². The Labute approximate surface area is 201 Å². The first kappa shape index (κ1) is 24.7. The van der Waals surface area contributed by atoms with Crippen molar-refractivity contribution < 1.29 is 28.2 Å². The molecule has 0 unspecified atom stereocenters. The molecule has 3 rings (SSSR count). The number of methoxy groups -OCH3 is 1. The van der Waals surface area contributed by atoms with Crippen LogP contribution < -0.4 is 10.1 Å². The number of amides is 2. The second kappa shape index (κ2) is 11.3. The Morgan fingerprint density at radius 1 is 1.03 bits per heavy atom. The van der Waals surface area contributed by atoms with Crippen molar-refractivity contribution in [3.05, 3.63) is 94.3 Å². The highest BCUT2D eigenvalue weighted by Crippen LogP contribution is 2.20. The lowest BCUT2D eigenvalue weighted by Crippen LogP contribution is -2.31. The van der Waals surface area contributed by atoms with Gasteiger partial charge in [-0.3, -0.25) is 9.59 Å². The molecule has 0 aliphatic carbocycles. The minimum Gasteiger partial charge on any atom is -0.494 e. The maximum absolute atomic E-state index is 13.9. The topological polar surface area (TPSA) is 84.9 Å². The minimum absolute atomic E-state index is 0.0949. The van der Waals surface area contributed by atoms with E-state index in [9.17, 15) is 18.8 Å². The van der Waals surface area contributed by atoms with Crippen LogP contribution in [0.2, 0.25) is 5.02 Å². The molecule has 0 atom stereocenters. The molecule has 0 radical (unpaired) electrons. The fourth-order valence-electron chi connectivity index (χ4n) is 3.05. The fraction of sp³-hybridized carbons (Fsp3) is 0.160. The number of esters is 1. The van der Waals surface area contributed by atoms with Gasteiger partial charge in [0.25, 0.3) is 11.8 Å². The summed E-state index contributed by atoms with van der Waals surface area (Å²) in [5.41, 5.74) is 1.24. The molecule has 34 heavy (non-hydrogen) atoms. The molecular weight excluding hydrogens is 463 g/mol. The predicted molar refractivity (Wildman–Crippen MR) is 126 cm³/mol. The van der Waals surface area contributed by atoms with Crippen LogP contribution in [0.1, 0.15) is 26.3 Å². The van der Waals surface area contributed by atoms with E-state index < -0.39 is 30.2 Å². The van der Waals surface area contributed by atoms with Gasteiger partial charge in [-0.2, -0.15) is 0 Å². The molecule has 0 aliphatic heterocycles. The van der Waals surface area contributed by atoms with Crippen LogP contribution in [0.5, 0.6) is 5.75 Å². The Balaban J connectivity index is 1.60. The van der Waals surface area contributed by atoms with Crippen LogP contribution in [0.25, 0.3) is 0 Å². The van der Waals surface area contributed by atoms with Crippen LogP contribution in [0.15, 0.2) is 66.7 Å². The Morgan fingerprint density at radius 3 is 2.41 bits per heavy atom. The minimum atomic E-state index is -0.774. The zero-order chi connectivity index (χ0) is 24.7. The summed E-state index contributed by atoms with van der Waals surface area (Å²) in [6, 6.07) is 17.0. The van der Waals surface area contributed by atoms with Crippen LogP contribution in [0.3, 0.4) is 0 Å². The average molecular weight is 485 g/mol. The van der Waals surface area contributed by atoms with E-state index in [1.54, 1.807) is 48.5 Å². The molecule has 0 spiro atoms. The van der Waals surface area contributed by atoms with Gasteiger partial charge >= 0.3 is 5.97 Å². The number of nitrogens with one attached hydrogen (secondary N) is 1. The molecule has 7 nitrogen and oxygen atoms in total. The molecule has 0 saturated heterocycles. The van der Waals surface area contributed by atoms with Gasteiger partial charge in [0.15, 0.2) is 18.2 Å². The summed E-state index contributed by atoms with van der Waals surface area (Å²) in [6.45, 7) is -0.404. The molecule has 176 valence electrons. The van der Waals surface area contributed by atoms with E-state index in [1.165, 1.54) is 37.3 Å². The fourth-order valence-corrected chi connectivity index (χ4v) is 3.18. The van der Waals surface area contributed by atoms with Crippen molar-refractivity contribution in [2.45, 2.75) is 6.54 Å². The number of likely N-dealkylation sites (N-methyl/N-ethyl adjacent to an activating group) is 1. The maximum Gasteiger partial charge on any atom is 0.340 e.